The average molecular weight is 279 g/mol. The van der Waals surface area contributed by atoms with E-state index in [1.165, 1.54) is 5.56 Å². The second-order valence-electron chi connectivity index (χ2n) is 5.09. The number of nitrogens with one attached hydrogen (secondary N) is 2. The van der Waals surface area contributed by atoms with Crippen LogP contribution in [0.15, 0.2) is 29.3 Å². The molecule has 0 unspecified atom stereocenters. The van der Waals surface area contributed by atoms with Crippen LogP contribution in [-0.2, 0) is 11.3 Å². The first-order valence-electron chi connectivity index (χ1n) is 6.63. The van der Waals surface area contributed by atoms with E-state index >= 15 is 0 Å². The van der Waals surface area contributed by atoms with Gasteiger partial charge in [-0.15, -0.1) is 0 Å². The molecule has 0 spiro atoms. The van der Waals surface area contributed by atoms with Gasteiger partial charge in [0.1, 0.15) is 5.75 Å². The van der Waals surface area contributed by atoms with Crippen molar-refractivity contribution in [1.29, 1.82) is 0 Å². The smallest absolute Gasteiger partial charge is 0.191 e. The number of hydrogen-bond donors (Lipinski definition) is 2. The summed E-state index contributed by atoms with van der Waals surface area (Å²) in [5.74, 6) is 1.61. The molecule has 0 aromatic heterocycles. The second kappa shape index (κ2) is 7.75. The molecule has 0 saturated heterocycles. The van der Waals surface area contributed by atoms with Gasteiger partial charge in [-0.1, -0.05) is 12.1 Å². The minimum atomic E-state index is -0.224. The molecule has 112 valence electrons. The summed E-state index contributed by atoms with van der Waals surface area (Å²) >= 11 is 0. The van der Waals surface area contributed by atoms with Crippen molar-refractivity contribution in [1.82, 2.24) is 10.6 Å². The van der Waals surface area contributed by atoms with Crippen LogP contribution in [0.1, 0.15) is 19.4 Å². The van der Waals surface area contributed by atoms with Gasteiger partial charge in [0, 0.05) is 27.2 Å². The summed E-state index contributed by atoms with van der Waals surface area (Å²) < 4.78 is 10.5. The minimum Gasteiger partial charge on any atom is -0.497 e. The molecular weight excluding hydrogens is 254 g/mol. The van der Waals surface area contributed by atoms with Gasteiger partial charge in [-0.25, -0.2) is 0 Å². The molecule has 5 heteroatoms. The van der Waals surface area contributed by atoms with Crippen LogP contribution in [0.5, 0.6) is 5.75 Å². The predicted octanol–water partition coefficient (Wildman–Crippen LogP) is 1.79. The fourth-order valence-electron chi connectivity index (χ4n) is 1.52. The summed E-state index contributed by atoms with van der Waals surface area (Å²) in [5, 5.41) is 6.50. The summed E-state index contributed by atoms with van der Waals surface area (Å²) in [6.45, 7) is 5.44. The largest absolute Gasteiger partial charge is 0.497 e. The molecule has 1 rings (SSSR count). The molecule has 20 heavy (non-hydrogen) atoms. The van der Waals surface area contributed by atoms with E-state index in [0.717, 1.165) is 11.7 Å². The number of rotatable bonds is 6. The number of ether oxygens (including phenoxy) is 2. The zero-order valence-electron chi connectivity index (χ0n) is 13.0. The van der Waals surface area contributed by atoms with Crippen molar-refractivity contribution in [3.05, 3.63) is 29.8 Å². The maximum atomic E-state index is 5.36. The van der Waals surface area contributed by atoms with Crippen molar-refractivity contribution in [2.75, 3.05) is 27.8 Å². The van der Waals surface area contributed by atoms with E-state index < -0.39 is 0 Å². The molecule has 0 bridgehead atoms. The van der Waals surface area contributed by atoms with E-state index in [1.807, 2.05) is 38.1 Å². The Balaban J connectivity index is 2.45. The first-order valence-corrected chi connectivity index (χ1v) is 6.63. The molecular formula is C15H25N3O2. The van der Waals surface area contributed by atoms with Crippen LogP contribution in [-0.4, -0.2) is 39.4 Å². The zero-order valence-corrected chi connectivity index (χ0v) is 13.0. The molecule has 1 aromatic carbocycles. The molecule has 1 aromatic rings. The van der Waals surface area contributed by atoms with Gasteiger partial charge in [-0.3, -0.25) is 4.99 Å². The molecule has 2 N–H and O–H groups in total. The van der Waals surface area contributed by atoms with Crippen molar-refractivity contribution < 1.29 is 9.47 Å². The highest BCUT2D eigenvalue weighted by Crippen LogP contribution is 2.10. The zero-order chi connectivity index (χ0) is 15.0. The Morgan fingerprint density at radius 2 is 1.80 bits per heavy atom. The number of nitrogens with zero attached hydrogens (tertiary/aromatic N) is 1. The predicted molar refractivity (Wildman–Crippen MR) is 82.3 cm³/mol. The summed E-state index contributed by atoms with van der Waals surface area (Å²) in [4.78, 5) is 4.19. The van der Waals surface area contributed by atoms with E-state index in [0.29, 0.717) is 13.1 Å². The highest BCUT2D eigenvalue weighted by atomic mass is 16.5. The third kappa shape index (κ3) is 5.48. The summed E-state index contributed by atoms with van der Waals surface area (Å²) in [6.07, 6.45) is 0. The topological polar surface area (TPSA) is 54.9 Å². The minimum absolute atomic E-state index is 0.224. The SMILES string of the molecule is CN=C(NCc1ccc(OC)cc1)NCC(C)(C)OC. The highest BCUT2D eigenvalue weighted by Gasteiger charge is 2.16. The molecule has 0 saturated carbocycles. The first kappa shape index (κ1) is 16.3. The van der Waals surface area contributed by atoms with Gasteiger partial charge < -0.3 is 20.1 Å². The first-order chi connectivity index (χ1) is 9.50. The molecule has 0 heterocycles. The Hall–Kier alpha value is -1.75. The fraction of sp³-hybridized carbons (Fsp3) is 0.533. The quantitative estimate of drug-likeness (QED) is 0.616. The summed E-state index contributed by atoms with van der Waals surface area (Å²) in [7, 11) is 5.12. The van der Waals surface area contributed by atoms with Gasteiger partial charge in [-0.05, 0) is 31.5 Å². The van der Waals surface area contributed by atoms with Crippen LogP contribution in [0.2, 0.25) is 0 Å². The lowest BCUT2D eigenvalue weighted by atomic mass is 10.1. The molecule has 0 amide bonds. The van der Waals surface area contributed by atoms with Crippen LogP contribution >= 0.6 is 0 Å². The molecule has 0 aliphatic rings. The highest BCUT2D eigenvalue weighted by molar-refractivity contribution is 5.79. The fourth-order valence-corrected chi connectivity index (χ4v) is 1.52. The number of benzene rings is 1. The van der Waals surface area contributed by atoms with E-state index in [4.69, 9.17) is 9.47 Å². The third-order valence-electron chi connectivity index (χ3n) is 3.08. The summed E-state index contributed by atoms with van der Waals surface area (Å²) in [5.41, 5.74) is 0.942. The molecule has 5 nitrogen and oxygen atoms in total. The van der Waals surface area contributed by atoms with Crippen LogP contribution in [0.4, 0.5) is 0 Å². The molecule has 0 radical (unpaired) electrons. The van der Waals surface area contributed by atoms with E-state index in [-0.39, 0.29) is 5.60 Å². The Bertz CT molecular complexity index is 427. The molecule has 0 aliphatic carbocycles. The van der Waals surface area contributed by atoms with Gasteiger partial charge in [0.15, 0.2) is 5.96 Å². The van der Waals surface area contributed by atoms with Crippen molar-refractivity contribution in [2.24, 2.45) is 4.99 Å². The maximum absolute atomic E-state index is 5.36. The lowest BCUT2D eigenvalue weighted by Gasteiger charge is -2.24. The summed E-state index contributed by atoms with van der Waals surface area (Å²) in [6, 6.07) is 7.94. The van der Waals surface area contributed by atoms with E-state index in [9.17, 15) is 0 Å². The van der Waals surface area contributed by atoms with Crippen molar-refractivity contribution >= 4 is 5.96 Å². The Morgan fingerprint density at radius 1 is 1.15 bits per heavy atom. The molecule has 0 atom stereocenters. The third-order valence-corrected chi connectivity index (χ3v) is 3.08. The van der Waals surface area contributed by atoms with Gasteiger partial charge >= 0.3 is 0 Å². The second-order valence-corrected chi connectivity index (χ2v) is 5.09. The van der Waals surface area contributed by atoms with Crippen LogP contribution in [0.25, 0.3) is 0 Å². The standard InChI is InChI=1S/C15H25N3O2/c1-15(2,20-5)11-18-14(16-3)17-10-12-6-8-13(19-4)9-7-12/h6-9H,10-11H2,1-5H3,(H2,16,17,18). The lowest BCUT2D eigenvalue weighted by Crippen LogP contribution is -2.45. The number of methoxy groups -OCH3 is 2. The van der Waals surface area contributed by atoms with E-state index in [2.05, 4.69) is 15.6 Å². The molecule has 0 aliphatic heterocycles. The maximum Gasteiger partial charge on any atom is 0.191 e. The van der Waals surface area contributed by atoms with Gasteiger partial charge in [0.25, 0.3) is 0 Å². The lowest BCUT2D eigenvalue weighted by molar-refractivity contribution is 0.0268. The van der Waals surface area contributed by atoms with Crippen molar-refractivity contribution in [3.63, 3.8) is 0 Å². The van der Waals surface area contributed by atoms with Crippen LogP contribution in [0.3, 0.4) is 0 Å². The molecule has 0 fully saturated rings. The van der Waals surface area contributed by atoms with Crippen molar-refractivity contribution in [2.45, 2.75) is 26.0 Å². The normalized spacial score (nSPS) is 12.2. The van der Waals surface area contributed by atoms with E-state index in [1.54, 1.807) is 21.3 Å². The number of aliphatic imine (C=N–C) groups is 1. The Morgan fingerprint density at radius 3 is 2.30 bits per heavy atom. The number of guanidine groups is 1. The van der Waals surface area contributed by atoms with Gasteiger partial charge in [0.05, 0.1) is 12.7 Å². The number of hydrogen-bond acceptors (Lipinski definition) is 3. The van der Waals surface area contributed by atoms with Crippen molar-refractivity contribution in [3.8, 4) is 5.75 Å². The van der Waals surface area contributed by atoms with Crippen LogP contribution in [0, 0.1) is 0 Å². The average Bonchev–Trinajstić information content (AvgIpc) is 2.48. The van der Waals surface area contributed by atoms with Gasteiger partial charge in [-0.2, -0.15) is 0 Å². The van der Waals surface area contributed by atoms with Crippen LogP contribution < -0.4 is 15.4 Å². The van der Waals surface area contributed by atoms with Gasteiger partial charge in [0.2, 0.25) is 0 Å². The Labute approximate surface area is 121 Å². The monoisotopic (exact) mass is 279 g/mol. The Kier molecular flexibility index (Phi) is 6.31.